The minimum absolute atomic E-state index is 0.158. The Kier molecular flexibility index (Phi) is 8.72. The topological polar surface area (TPSA) is 38.8 Å². The second-order valence-electron chi connectivity index (χ2n) is 8.78. The van der Waals surface area contributed by atoms with Crippen LogP contribution >= 0.6 is 35.6 Å². The quantitative estimate of drug-likeness (QED) is 0.157. The average Bonchev–Trinajstić information content (AvgIpc) is 3.13. The highest BCUT2D eigenvalue weighted by Crippen LogP contribution is 2.37. The van der Waals surface area contributed by atoms with E-state index in [1.807, 2.05) is 36.4 Å². The third-order valence-corrected chi connectivity index (χ3v) is 7.20. The number of carbonyl (C=O) groups excluding carboxylic acids is 1. The minimum Gasteiger partial charge on any atom is -0.493 e. The molecule has 0 atom stereocenters. The summed E-state index contributed by atoms with van der Waals surface area (Å²) in [4.78, 5) is 15.2. The van der Waals surface area contributed by atoms with Crippen LogP contribution in [-0.2, 0) is 4.79 Å². The molecule has 4 rings (SSSR count). The molecule has 1 saturated heterocycles. The minimum atomic E-state index is -0.158. The van der Waals surface area contributed by atoms with E-state index in [-0.39, 0.29) is 5.91 Å². The Hall–Kier alpha value is -2.80. The second kappa shape index (κ2) is 12.0. The third-order valence-electron chi connectivity index (χ3n) is 5.66. The van der Waals surface area contributed by atoms with Crippen LogP contribution in [-0.4, -0.2) is 23.4 Å². The Labute approximate surface area is 227 Å². The van der Waals surface area contributed by atoms with Crippen molar-refractivity contribution < 1.29 is 14.3 Å². The lowest BCUT2D eigenvalue weighted by Crippen LogP contribution is -2.27. The van der Waals surface area contributed by atoms with Crippen molar-refractivity contribution in [2.75, 3.05) is 18.1 Å². The Morgan fingerprint density at radius 2 is 1.72 bits per heavy atom. The maximum atomic E-state index is 13.1. The number of hydrogen-bond donors (Lipinski definition) is 0. The maximum Gasteiger partial charge on any atom is 0.270 e. The predicted octanol–water partition coefficient (Wildman–Crippen LogP) is 8.03. The number of hydrogen-bond acceptors (Lipinski definition) is 5. The molecule has 0 bridgehead atoms. The predicted molar refractivity (Wildman–Crippen MR) is 154 cm³/mol. The van der Waals surface area contributed by atoms with Gasteiger partial charge in [0.25, 0.3) is 5.91 Å². The summed E-state index contributed by atoms with van der Waals surface area (Å²) >= 11 is 13.0. The molecule has 1 fully saturated rings. The molecule has 1 aliphatic rings. The maximum absolute atomic E-state index is 13.1. The van der Waals surface area contributed by atoms with Gasteiger partial charge < -0.3 is 9.47 Å². The van der Waals surface area contributed by atoms with E-state index in [4.69, 9.17) is 33.3 Å². The zero-order valence-corrected chi connectivity index (χ0v) is 22.9. The van der Waals surface area contributed by atoms with E-state index in [1.165, 1.54) is 22.9 Å². The van der Waals surface area contributed by atoms with Crippen LogP contribution in [0.1, 0.15) is 42.9 Å². The summed E-state index contributed by atoms with van der Waals surface area (Å²) in [6, 6.07) is 21.1. The van der Waals surface area contributed by atoms with Crippen molar-refractivity contribution in [3.05, 3.63) is 93.3 Å². The lowest BCUT2D eigenvalue weighted by atomic mass is 10.0. The van der Waals surface area contributed by atoms with Crippen molar-refractivity contribution in [2.24, 2.45) is 0 Å². The molecule has 36 heavy (non-hydrogen) atoms. The van der Waals surface area contributed by atoms with Crippen molar-refractivity contribution in [2.45, 2.75) is 33.1 Å². The van der Waals surface area contributed by atoms with Crippen LogP contribution < -0.4 is 14.4 Å². The van der Waals surface area contributed by atoms with E-state index in [9.17, 15) is 4.79 Å². The summed E-state index contributed by atoms with van der Waals surface area (Å²) in [5, 5.41) is 0.566. The zero-order chi connectivity index (χ0) is 25.7. The van der Waals surface area contributed by atoms with E-state index in [1.54, 1.807) is 23.1 Å². The van der Waals surface area contributed by atoms with Crippen LogP contribution in [0, 0.1) is 6.92 Å². The van der Waals surface area contributed by atoms with Crippen LogP contribution in [0.5, 0.6) is 11.5 Å². The highest BCUT2D eigenvalue weighted by molar-refractivity contribution is 8.27. The number of aryl methyl sites for hydroxylation is 1. The van der Waals surface area contributed by atoms with Crippen molar-refractivity contribution in [1.82, 2.24) is 0 Å². The number of benzene rings is 3. The summed E-state index contributed by atoms with van der Waals surface area (Å²) < 4.78 is 12.6. The number of thiocarbonyl (C=S) groups is 1. The van der Waals surface area contributed by atoms with E-state index in [0.717, 1.165) is 17.0 Å². The Morgan fingerprint density at radius 1 is 1.00 bits per heavy atom. The molecule has 1 aliphatic heterocycles. The van der Waals surface area contributed by atoms with E-state index >= 15 is 0 Å². The van der Waals surface area contributed by atoms with Gasteiger partial charge in [-0.1, -0.05) is 79.8 Å². The monoisotopic (exact) mass is 537 g/mol. The molecule has 0 saturated carbocycles. The summed E-state index contributed by atoms with van der Waals surface area (Å²) in [5.74, 6) is 1.82. The van der Waals surface area contributed by atoms with Gasteiger partial charge >= 0.3 is 0 Å². The number of thioether (sulfide) groups is 1. The number of halogens is 1. The highest BCUT2D eigenvalue weighted by Gasteiger charge is 2.33. The fourth-order valence-electron chi connectivity index (χ4n) is 3.84. The van der Waals surface area contributed by atoms with Gasteiger partial charge in [-0.25, -0.2) is 0 Å². The van der Waals surface area contributed by atoms with Gasteiger partial charge in [0.1, 0.15) is 11.5 Å². The smallest absolute Gasteiger partial charge is 0.270 e. The zero-order valence-electron chi connectivity index (χ0n) is 20.5. The first-order chi connectivity index (χ1) is 17.3. The van der Waals surface area contributed by atoms with Gasteiger partial charge in [-0.2, -0.15) is 0 Å². The van der Waals surface area contributed by atoms with Gasteiger partial charge in [0.05, 0.1) is 23.8 Å². The first kappa shape index (κ1) is 26.3. The van der Waals surface area contributed by atoms with E-state index in [0.29, 0.717) is 45.6 Å². The lowest BCUT2D eigenvalue weighted by molar-refractivity contribution is -0.113. The Bertz CT molecular complexity index is 1290. The molecule has 186 valence electrons. The van der Waals surface area contributed by atoms with Crippen molar-refractivity contribution in [3.63, 3.8) is 0 Å². The lowest BCUT2D eigenvalue weighted by Gasteiger charge is -2.15. The van der Waals surface area contributed by atoms with E-state index < -0.39 is 0 Å². The molecule has 0 aliphatic carbocycles. The van der Waals surface area contributed by atoms with Gasteiger partial charge in [-0.05, 0) is 66.4 Å². The number of ether oxygens (including phenoxy) is 2. The van der Waals surface area contributed by atoms with Crippen molar-refractivity contribution >= 4 is 57.6 Å². The molecule has 0 unspecified atom stereocenters. The van der Waals surface area contributed by atoms with Crippen LogP contribution in [0.15, 0.2) is 71.6 Å². The van der Waals surface area contributed by atoms with Gasteiger partial charge in [0, 0.05) is 17.0 Å². The molecule has 3 aromatic rings. The standard InChI is InChI=1S/C29H28ClNO3S2/c1-19(2)24-12-10-20(3)16-26(24)34-15-7-14-33-25-13-11-22(30)17-21(25)18-27-28(32)31(29(35)36-27)23-8-5-4-6-9-23/h4-6,8-13,16-19H,7,14-15H2,1-3H3. The Balaban J connectivity index is 1.41. The molecule has 3 aromatic carbocycles. The number of anilines is 1. The number of amides is 1. The summed E-state index contributed by atoms with van der Waals surface area (Å²) in [6.45, 7) is 7.40. The molecule has 0 aromatic heterocycles. The summed E-state index contributed by atoms with van der Waals surface area (Å²) in [5.41, 5.74) is 3.86. The average molecular weight is 538 g/mol. The molecule has 0 radical (unpaired) electrons. The first-order valence-corrected chi connectivity index (χ1v) is 13.4. The second-order valence-corrected chi connectivity index (χ2v) is 10.9. The largest absolute Gasteiger partial charge is 0.493 e. The van der Waals surface area contributed by atoms with Crippen LogP contribution in [0.3, 0.4) is 0 Å². The fraction of sp³-hybridized carbons (Fsp3) is 0.241. The van der Waals surface area contributed by atoms with Crippen molar-refractivity contribution in [1.29, 1.82) is 0 Å². The number of rotatable bonds is 9. The number of para-hydroxylation sites is 1. The normalized spacial score (nSPS) is 14.7. The van der Waals surface area contributed by atoms with E-state index in [2.05, 4.69) is 39.0 Å². The summed E-state index contributed by atoms with van der Waals surface area (Å²) in [6.07, 6.45) is 2.51. The molecule has 0 N–H and O–H groups in total. The molecular weight excluding hydrogens is 510 g/mol. The highest BCUT2D eigenvalue weighted by atomic mass is 35.5. The van der Waals surface area contributed by atoms with Crippen LogP contribution in [0.4, 0.5) is 5.69 Å². The molecule has 1 heterocycles. The molecule has 4 nitrogen and oxygen atoms in total. The SMILES string of the molecule is Cc1ccc(C(C)C)c(OCCCOc2ccc(Cl)cc2C=C2SC(=S)N(c3ccccc3)C2=O)c1. The van der Waals surface area contributed by atoms with Gasteiger partial charge in [0.15, 0.2) is 4.32 Å². The summed E-state index contributed by atoms with van der Waals surface area (Å²) in [7, 11) is 0. The Morgan fingerprint density at radius 3 is 2.44 bits per heavy atom. The van der Waals surface area contributed by atoms with Crippen LogP contribution in [0.2, 0.25) is 5.02 Å². The van der Waals surface area contributed by atoms with Gasteiger partial charge in [-0.15, -0.1) is 0 Å². The van der Waals surface area contributed by atoms with Crippen molar-refractivity contribution in [3.8, 4) is 11.5 Å². The molecule has 0 spiro atoms. The first-order valence-electron chi connectivity index (χ1n) is 11.8. The van der Waals surface area contributed by atoms with Crippen LogP contribution in [0.25, 0.3) is 6.08 Å². The fourth-order valence-corrected chi connectivity index (χ4v) is 5.31. The van der Waals surface area contributed by atoms with Gasteiger partial charge in [-0.3, -0.25) is 9.69 Å². The molecule has 7 heteroatoms. The van der Waals surface area contributed by atoms with Gasteiger partial charge in [0.2, 0.25) is 0 Å². The number of carbonyl (C=O) groups is 1. The third kappa shape index (κ3) is 6.30. The molecular formula is C29H28ClNO3S2. The number of nitrogens with zero attached hydrogens (tertiary/aromatic N) is 1. The molecule has 1 amide bonds.